The van der Waals surface area contributed by atoms with E-state index in [2.05, 4.69) is 27.8 Å². The summed E-state index contributed by atoms with van der Waals surface area (Å²) in [6.07, 6.45) is 4.70. The minimum atomic E-state index is 0.0272. The van der Waals surface area contributed by atoms with Gasteiger partial charge in [-0.2, -0.15) is 4.68 Å². The summed E-state index contributed by atoms with van der Waals surface area (Å²) in [7, 11) is 0. The normalized spacial score (nSPS) is 20.8. The number of thioether (sulfide) groups is 1. The number of tetrazole rings is 1. The molecule has 0 radical (unpaired) electrons. The van der Waals surface area contributed by atoms with E-state index in [9.17, 15) is 4.79 Å². The number of amides is 1. The lowest BCUT2D eigenvalue weighted by atomic mass is 9.86. The fourth-order valence-electron chi connectivity index (χ4n) is 2.95. The molecule has 1 saturated carbocycles. The third kappa shape index (κ3) is 4.27. The van der Waals surface area contributed by atoms with Gasteiger partial charge in [0.25, 0.3) is 0 Å². The van der Waals surface area contributed by atoms with Gasteiger partial charge in [-0.3, -0.25) is 4.79 Å². The summed E-state index contributed by atoms with van der Waals surface area (Å²) in [5.74, 6) is 0.869. The van der Waals surface area contributed by atoms with Crippen LogP contribution in [0.15, 0.2) is 29.4 Å². The largest absolute Gasteiger partial charge is 0.352 e. The van der Waals surface area contributed by atoms with Gasteiger partial charge in [0, 0.05) is 11.1 Å². The van der Waals surface area contributed by atoms with Crippen LogP contribution in [0.2, 0.25) is 5.02 Å². The fourth-order valence-corrected chi connectivity index (χ4v) is 3.83. The topological polar surface area (TPSA) is 72.7 Å². The molecule has 1 aromatic carbocycles. The summed E-state index contributed by atoms with van der Waals surface area (Å²) >= 11 is 7.33. The molecule has 1 fully saturated rings. The number of carbonyl (C=O) groups excluding carboxylic acids is 1. The Balaban J connectivity index is 1.59. The van der Waals surface area contributed by atoms with Crippen LogP contribution in [0.5, 0.6) is 0 Å². The quantitative estimate of drug-likeness (QED) is 0.824. The Labute approximate surface area is 150 Å². The van der Waals surface area contributed by atoms with Gasteiger partial charge in [-0.05, 0) is 47.4 Å². The van der Waals surface area contributed by atoms with Crippen LogP contribution < -0.4 is 5.32 Å². The van der Waals surface area contributed by atoms with Crippen molar-refractivity contribution in [2.24, 2.45) is 5.92 Å². The second kappa shape index (κ2) is 7.98. The molecule has 1 aliphatic rings. The molecule has 0 unspecified atom stereocenters. The SMILES string of the molecule is C[C@H]1CCCC[C@@H]1NC(=O)CSc1nnnn1-c1cccc(Cl)c1. The van der Waals surface area contributed by atoms with Gasteiger partial charge in [0.1, 0.15) is 0 Å². The number of benzene rings is 1. The van der Waals surface area contributed by atoms with E-state index >= 15 is 0 Å². The number of nitrogens with zero attached hydrogens (tertiary/aromatic N) is 4. The van der Waals surface area contributed by atoms with Crippen molar-refractivity contribution in [1.29, 1.82) is 0 Å². The van der Waals surface area contributed by atoms with Crippen molar-refractivity contribution in [3.63, 3.8) is 0 Å². The third-order valence-corrected chi connectivity index (χ3v) is 5.44. The van der Waals surface area contributed by atoms with Gasteiger partial charge in [-0.25, -0.2) is 0 Å². The van der Waals surface area contributed by atoms with Crippen molar-refractivity contribution in [1.82, 2.24) is 25.5 Å². The number of hydrogen-bond donors (Lipinski definition) is 1. The van der Waals surface area contributed by atoms with Gasteiger partial charge in [0.2, 0.25) is 11.1 Å². The molecule has 1 aromatic heterocycles. The summed E-state index contributed by atoms with van der Waals surface area (Å²) in [5, 5.41) is 16.0. The summed E-state index contributed by atoms with van der Waals surface area (Å²) in [5.41, 5.74) is 0.774. The van der Waals surface area contributed by atoms with Crippen molar-refractivity contribution < 1.29 is 4.79 Å². The molecule has 6 nitrogen and oxygen atoms in total. The fraction of sp³-hybridized carbons (Fsp3) is 0.500. The van der Waals surface area contributed by atoms with Crippen LogP contribution in [0.25, 0.3) is 5.69 Å². The standard InChI is InChI=1S/C16H20ClN5OS/c1-11-5-2-3-8-14(11)18-15(23)10-24-16-19-20-21-22(16)13-7-4-6-12(17)9-13/h4,6-7,9,11,14H,2-3,5,8,10H2,1H3,(H,18,23)/t11-,14-/m0/s1. The molecule has 0 saturated heterocycles. The summed E-state index contributed by atoms with van der Waals surface area (Å²) in [6, 6.07) is 7.57. The minimum Gasteiger partial charge on any atom is -0.352 e. The second-order valence-electron chi connectivity index (χ2n) is 6.08. The molecule has 128 valence electrons. The Morgan fingerprint density at radius 2 is 2.25 bits per heavy atom. The van der Waals surface area contributed by atoms with Crippen LogP contribution in [-0.2, 0) is 4.79 Å². The average Bonchev–Trinajstić information content (AvgIpc) is 3.04. The summed E-state index contributed by atoms with van der Waals surface area (Å²) in [4.78, 5) is 12.2. The number of halogens is 1. The van der Waals surface area contributed by atoms with Gasteiger partial charge < -0.3 is 5.32 Å². The lowest BCUT2D eigenvalue weighted by Crippen LogP contribution is -2.41. The van der Waals surface area contributed by atoms with Crippen molar-refractivity contribution in [3.05, 3.63) is 29.3 Å². The Morgan fingerprint density at radius 1 is 1.42 bits per heavy atom. The van der Waals surface area contributed by atoms with Gasteiger partial charge in [0.05, 0.1) is 11.4 Å². The molecular weight excluding hydrogens is 346 g/mol. The second-order valence-corrected chi connectivity index (χ2v) is 7.46. The predicted octanol–water partition coefficient (Wildman–Crippen LogP) is 3.10. The molecule has 2 atom stereocenters. The molecule has 0 bridgehead atoms. The first kappa shape index (κ1) is 17.2. The maximum atomic E-state index is 12.2. The molecule has 1 amide bonds. The van der Waals surface area contributed by atoms with E-state index in [1.165, 1.54) is 31.0 Å². The monoisotopic (exact) mass is 365 g/mol. The van der Waals surface area contributed by atoms with Crippen molar-refractivity contribution in [3.8, 4) is 5.69 Å². The van der Waals surface area contributed by atoms with Crippen LogP contribution in [0, 0.1) is 5.92 Å². The molecule has 0 spiro atoms. The first-order valence-corrected chi connectivity index (χ1v) is 9.46. The van der Waals surface area contributed by atoms with Crippen LogP contribution in [0.1, 0.15) is 32.6 Å². The van der Waals surface area contributed by atoms with E-state index in [0.717, 1.165) is 12.1 Å². The molecule has 24 heavy (non-hydrogen) atoms. The highest BCUT2D eigenvalue weighted by atomic mass is 35.5. The van der Waals surface area contributed by atoms with Gasteiger partial charge in [-0.15, -0.1) is 5.10 Å². The predicted molar refractivity (Wildman–Crippen MR) is 94.5 cm³/mol. The molecular formula is C16H20ClN5OS. The zero-order valence-corrected chi connectivity index (χ0v) is 15.1. The Bertz CT molecular complexity index is 707. The van der Waals surface area contributed by atoms with Gasteiger partial charge in [0.15, 0.2) is 0 Å². The number of aromatic nitrogens is 4. The molecule has 8 heteroatoms. The molecule has 1 N–H and O–H groups in total. The lowest BCUT2D eigenvalue weighted by molar-refractivity contribution is -0.119. The van der Waals surface area contributed by atoms with Crippen LogP contribution >= 0.6 is 23.4 Å². The van der Waals surface area contributed by atoms with Crippen LogP contribution in [0.4, 0.5) is 0 Å². The highest BCUT2D eigenvalue weighted by Crippen LogP contribution is 2.24. The molecule has 3 rings (SSSR count). The molecule has 0 aliphatic heterocycles. The van der Waals surface area contributed by atoms with Crippen LogP contribution in [0.3, 0.4) is 0 Å². The van der Waals surface area contributed by atoms with Crippen molar-refractivity contribution in [2.75, 3.05) is 5.75 Å². The number of hydrogen-bond acceptors (Lipinski definition) is 5. The maximum Gasteiger partial charge on any atom is 0.230 e. The number of nitrogens with one attached hydrogen (secondary N) is 1. The van der Waals surface area contributed by atoms with E-state index in [-0.39, 0.29) is 11.9 Å². The number of carbonyl (C=O) groups is 1. The smallest absolute Gasteiger partial charge is 0.230 e. The van der Waals surface area contributed by atoms with E-state index in [1.54, 1.807) is 16.8 Å². The summed E-state index contributed by atoms with van der Waals surface area (Å²) < 4.78 is 1.59. The van der Waals surface area contributed by atoms with Crippen LogP contribution in [-0.4, -0.2) is 37.9 Å². The van der Waals surface area contributed by atoms with E-state index in [0.29, 0.717) is 21.8 Å². The first-order chi connectivity index (χ1) is 11.6. The van der Waals surface area contributed by atoms with Crippen molar-refractivity contribution in [2.45, 2.75) is 43.8 Å². The van der Waals surface area contributed by atoms with Crippen molar-refractivity contribution >= 4 is 29.3 Å². The molecule has 2 aromatic rings. The minimum absolute atomic E-state index is 0.0272. The van der Waals surface area contributed by atoms with E-state index in [1.807, 2.05) is 12.1 Å². The lowest BCUT2D eigenvalue weighted by Gasteiger charge is -2.29. The molecule has 1 heterocycles. The van der Waals surface area contributed by atoms with Gasteiger partial charge in [-0.1, -0.05) is 49.2 Å². The highest BCUT2D eigenvalue weighted by molar-refractivity contribution is 7.99. The van der Waals surface area contributed by atoms with E-state index < -0.39 is 0 Å². The third-order valence-electron chi connectivity index (χ3n) is 4.28. The Morgan fingerprint density at radius 3 is 3.04 bits per heavy atom. The Kier molecular flexibility index (Phi) is 5.73. The number of rotatable bonds is 5. The van der Waals surface area contributed by atoms with Gasteiger partial charge >= 0.3 is 0 Å². The summed E-state index contributed by atoms with van der Waals surface area (Å²) in [6.45, 7) is 2.21. The Hall–Kier alpha value is -1.60. The van der Waals surface area contributed by atoms with E-state index in [4.69, 9.17) is 11.6 Å². The molecule has 1 aliphatic carbocycles. The zero-order valence-electron chi connectivity index (χ0n) is 13.5. The zero-order chi connectivity index (χ0) is 16.9. The highest BCUT2D eigenvalue weighted by Gasteiger charge is 2.23. The average molecular weight is 366 g/mol. The first-order valence-electron chi connectivity index (χ1n) is 8.10. The maximum absolute atomic E-state index is 12.2.